The van der Waals surface area contributed by atoms with E-state index < -0.39 is 6.04 Å². The standard InChI is InChI=1S/C9H12N4O2/c1-15-9-8-3-2-7(6(10)4-14)13(8)12-5-11-9/h2-3,5-6,14H,4,10H2,1H3. The summed E-state index contributed by atoms with van der Waals surface area (Å²) in [4.78, 5) is 3.97. The van der Waals surface area contributed by atoms with E-state index in [4.69, 9.17) is 15.6 Å². The fourth-order valence-electron chi connectivity index (χ4n) is 1.46. The van der Waals surface area contributed by atoms with E-state index >= 15 is 0 Å². The molecule has 0 spiro atoms. The lowest BCUT2D eigenvalue weighted by Crippen LogP contribution is -2.17. The molecule has 0 saturated carbocycles. The third-order valence-electron chi connectivity index (χ3n) is 2.22. The number of aliphatic hydroxyl groups excluding tert-OH is 1. The van der Waals surface area contributed by atoms with E-state index in [-0.39, 0.29) is 6.61 Å². The van der Waals surface area contributed by atoms with Crippen LogP contribution in [0.4, 0.5) is 0 Å². The van der Waals surface area contributed by atoms with Gasteiger partial charge in [0.2, 0.25) is 5.88 Å². The molecule has 2 aromatic heterocycles. The van der Waals surface area contributed by atoms with Crippen molar-refractivity contribution >= 4 is 5.52 Å². The van der Waals surface area contributed by atoms with Gasteiger partial charge in [0.15, 0.2) is 0 Å². The Bertz CT molecular complexity index is 468. The van der Waals surface area contributed by atoms with Crippen LogP contribution in [0.2, 0.25) is 0 Å². The van der Waals surface area contributed by atoms with Crippen LogP contribution in [0.25, 0.3) is 5.52 Å². The zero-order valence-electron chi connectivity index (χ0n) is 8.29. The van der Waals surface area contributed by atoms with Crippen molar-refractivity contribution in [3.8, 4) is 5.88 Å². The molecule has 0 aromatic carbocycles. The number of nitrogens with two attached hydrogens (primary N) is 1. The molecule has 2 heterocycles. The Hall–Kier alpha value is -1.66. The molecule has 2 rings (SSSR count). The molecule has 1 unspecified atom stereocenters. The smallest absolute Gasteiger partial charge is 0.241 e. The van der Waals surface area contributed by atoms with Gasteiger partial charge in [-0.2, -0.15) is 10.1 Å². The van der Waals surface area contributed by atoms with Crippen molar-refractivity contribution < 1.29 is 9.84 Å². The SMILES string of the molecule is COc1ncnn2c(C(N)CO)ccc12. The maximum absolute atomic E-state index is 8.98. The minimum absolute atomic E-state index is 0.127. The molecule has 0 radical (unpaired) electrons. The zero-order valence-corrected chi connectivity index (χ0v) is 8.29. The van der Waals surface area contributed by atoms with E-state index in [1.165, 1.54) is 6.33 Å². The molecule has 1 atom stereocenters. The summed E-state index contributed by atoms with van der Waals surface area (Å²) in [6.45, 7) is -0.127. The fourth-order valence-corrected chi connectivity index (χ4v) is 1.46. The minimum Gasteiger partial charge on any atom is -0.479 e. The first-order valence-electron chi connectivity index (χ1n) is 4.51. The predicted octanol–water partition coefficient (Wildman–Crippen LogP) is -0.270. The van der Waals surface area contributed by atoms with Gasteiger partial charge in [0.1, 0.15) is 11.8 Å². The maximum Gasteiger partial charge on any atom is 0.241 e. The Morgan fingerprint density at radius 3 is 3.07 bits per heavy atom. The number of ether oxygens (including phenoxy) is 1. The topological polar surface area (TPSA) is 85.7 Å². The van der Waals surface area contributed by atoms with Gasteiger partial charge < -0.3 is 15.6 Å². The molecule has 80 valence electrons. The number of aliphatic hydroxyl groups is 1. The van der Waals surface area contributed by atoms with Crippen molar-refractivity contribution in [2.45, 2.75) is 6.04 Å². The summed E-state index contributed by atoms with van der Waals surface area (Å²) in [5, 5.41) is 13.0. The summed E-state index contributed by atoms with van der Waals surface area (Å²) in [5.74, 6) is 0.487. The normalized spacial score (nSPS) is 13.0. The molecule has 0 aliphatic rings. The van der Waals surface area contributed by atoms with Crippen molar-refractivity contribution in [1.29, 1.82) is 0 Å². The van der Waals surface area contributed by atoms with Crippen LogP contribution >= 0.6 is 0 Å². The molecule has 2 aromatic rings. The van der Waals surface area contributed by atoms with Crippen molar-refractivity contribution in [3.63, 3.8) is 0 Å². The van der Waals surface area contributed by atoms with Gasteiger partial charge in [0, 0.05) is 0 Å². The molecular formula is C9H12N4O2. The second-order valence-corrected chi connectivity index (χ2v) is 3.11. The first-order chi connectivity index (χ1) is 7.27. The van der Waals surface area contributed by atoms with Crippen molar-refractivity contribution in [3.05, 3.63) is 24.2 Å². The van der Waals surface area contributed by atoms with Crippen LogP contribution in [0, 0.1) is 0 Å². The number of rotatable bonds is 3. The lowest BCUT2D eigenvalue weighted by atomic mass is 10.2. The summed E-state index contributed by atoms with van der Waals surface area (Å²) in [6, 6.07) is 3.16. The minimum atomic E-state index is -0.452. The van der Waals surface area contributed by atoms with E-state index in [1.54, 1.807) is 17.7 Å². The fraction of sp³-hybridized carbons (Fsp3) is 0.333. The van der Waals surface area contributed by atoms with Crippen molar-refractivity contribution in [2.24, 2.45) is 5.73 Å². The molecule has 0 saturated heterocycles. The Balaban J connectivity index is 2.60. The number of aromatic nitrogens is 3. The summed E-state index contributed by atoms with van der Waals surface area (Å²) in [6.07, 6.45) is 1.39. The molecule has 15 heavy (non-hydrogen) atoms. The van der Waals surface area contributed by atoms with Crippen molar-refractivity contribution in [2.75, 3.05) is 13.7 Å². The average molecular weight is 208 g/mol. The van der Waals surface area contributed by atoms with E-state index in [0.29, 0.717) is 5.88 Å². The number of hydrogen-bond donors (Lipinski definition) is 2. The largest absolute Gasteiger partial charge is 0.479 e. The molecule has 6 nitrogen and oxygen atoms in total. The lowest BCUT2D eigenvalue weighted by molar-refractivity contribution is 0.264. The van der Waals surface area contributed by atoms with Crippen LogP contribution < -0.4 is 10.5 Å². The highest BCUT2D eigenvalue weighted by atomic mass is 16.5. The Kier molecular flexibility index (Phi) is 2.53. The molecule has 6 heteroatoms. The average Bonchev–Trinajstić information content (AvgIpc) is 2.71. The van der Waals surface area contributed by atoms with Gasteiger partial charge in [-0.3, -0.25) is 0 Å². The van der Waals surface area contributed by atoms with Crippen LogP contribution in [0.1, 0.15) is 11.7 Å². The Labute approximate surface area is 86.3 Å². The molecule has 0 fully saturated rings. The monoisotopic (exact) mass is 208 g/mol. The summed E-state index contributed by atoms with van der Waals surface area (Å²) >= 11 is 0. The number of methoxy groups -OCH3 is 1. The predicted molar refractivity (Wildman–Crippen MR) is 53.6 cm³/mol. The Morgan fingerprint density at radius 1 is 1.60 bits per heavy atom. The summed E-state index contributed by atoms with van der Waals surface area (Å²) < 4.78 is 6.70. The van der Waals surface area contributed by atoms with Crippen LogP contribution in [-0.4, -0.2) is 33.4 Å². The summed E-state index contributed by atoms with van der Waals surface area (Å²) in [5.41, 5.74) is 7.19. The van der Waals surface area contributed by atoms with Crippen molar-refractivity contribution in [1.82, 2.24) is 14.6 Å². The van der Waals surface area contributed by atoms with E-state index in [1.807, 2.05) is 6.07 Å². The quantitative estimate of drug-likeness (QED) is 0.725. The zero-order chi connectivity index (χ0) is 10.8. The highest BCUT2D eigenvalue weighted by molar-refractivity contribution is 5.57. The first-order valence-corrected chi connectivity index (χ1v) is 4.51. The van der Waals surface area contributed by atoms with Gasteiger partial charge >= 0.3 is 0 Å². The van der Waals surface area contributed by atoms with Crippen LogP contribution in [-0.2, 0) is 0 Å². The third kappa shape index (κ3) is 1.53. The molecular weight excluding hydrogens is 196 g/mol. The van der Waals surface area contributed by atoms with E-state index in [0.717, 1.165) is 11.2 Å². The Morgan fingerprint density at radius 2 is 2.40 bits per heavy atom. The highest BCUT2D eigenvalue weighted by Crippen LogP contribution is 2.20. The second kappa shape index (κ2) is 3.84. The molecule has 0 bridgehead atoms. The van der Waals surface area contributed by atoms with Crippen LogP contribution in [0.5, 0.6) is 5.88 Å². The number of nitrogens with zero attached hydrogens (tertiary/aromatic N) is 3. The van der Waals surface area contributed by atoms with E-state index in [9.17, 15) is 0 Å². The van der Waals surface area contributed by atoms with Crippen LogP contribution in [0.3, 0.4) is 0 Å². The van der Waals surface area contributed by atoms with Crippen LogP contribution in [0.15, 0.2) is 18.5 Å². The summed E-state index contributed by atoms with van der Waals surface area (Å²) in [7, 11) is 1.54. The maximum atomic E-state index is 8.98. The molecule has 0 aliphatic heterocycles. The van der Waals surface area contributed by atoms with Gasteiger partial charge in [-0.15, -0.1) is 0 Å². The number of fused-ring (bicyclic) bond motifs is 1. The van der Waals surface area contributed by atoms with Gasteiger partial charge in [0.25, 0.3) is 0 Å². The lowest BCUT2D eigenvalue weighted by Gasteiger charge is -2.08. The van der Waals surface area contributed by atoms with E-state index in [2.05, 4.69) is 10.1 Å². The molecule has 3 N–H and O–H groups in total. The highest BCUT2D eigenvalue weighted by Gasteiger charge is 2.13. The van der Waals surface area contributed by atoms with Gasteiger partial charge in [-0.05, 0) is 12.1 Å². The third-order valence-corrected chi connectivity index (χ3v) is 2.22. The van der Waals surface area contributed by atoms with Gasteiger partial charge in [-0.25, -0.2) is 4.52 Å². The first kappa shape index (κ1) is 9.88. The van der Waals surface area contributed by atoms with Gasteiger partial charge in [0.05, 0.1) is 25.5 Å². The number of hydrogen-bond acceptors (Lipinski definition) is 5. The molecule has 0 amide bonds. The molecule has 0 aliphatic carbocycles. The second-order valence-electron chi connectivity index (χ2n) is 3.11. The van der Waals surface area contributed by atoms with Gasteiger partial charge in [-0.1, -0.05) is 0 Å².